The summed E-state index contributed by atoms with van der Waals surface area (Å²) in [4.78, 5) is 22.7. The third-order valence-electron chi connectivity index (χ3n) is 3.79. The minimum absolute atomic E-state index is 0.00205. The van der Waals surface area contributed by atoms with Crippen molar-refractivity contribution in [3.63, 3.8) is 0 Å². The molecule has 0 aliphatic carbocycles. The van der Waals surface area contributed by atoms with Gasteiger partial charge in [-0.2, -0.15) is 11.8 Å². The molecule has 0 saturated heterocycles. The van der Waals surface area contributed by atoms with E-state index in [-0.39, 0.29) is 21.7 Å². The highest BCUT2D eigenvalue weighted by Gasteiger charge is 2.28. The number of nitrogens with one attached hydrogen (secondary N) is 1. The minimum atomic E-state index is -0.619. The zero-order valence-corrected chi connectivity index (χ0v) is 13.3. The molecule has 0 aliphatic heterocycles. The number of hydrogen-bond donors (Lipinski definition) is 2. The Balaban J connectivity index is 2.96. The summed E-state index contributed by atoms with van der Waals surface area (Å²) < 4.78 is -0.0508. The Labute approximate surface area is 128 Å². The molecule has 3 N–H and O–H groups in total. The van der Waals surface area contributed by atoms with Crippen LogP contribution in [0, 0.1) is 10.1 Å². The Morgan fingerprint density at radius 2 is 2.05 bits per heavy atom. The van der Waals surface area contributed by atoms with E-state index in [4.69, 9.17) is 5.73 Å². The summed E-state index contributed by atoms with van der Waals surface area (Å²) in [6.45, 7) is 4.59. The maximum absolute atomic E-state index is 12.2. The highest BCUT2D eigenvalue weighted by atomic mass is 32.2. The monoisotopic (exact) mass is 311 g/mol. The molecule has 1 aromatic carbocycles. The van der Waals surface area contributed by atoms with Crippen LogP contribution in [-0.2, 0) is 0 Å². The first-order valence-corrected chi connectivity index (χ1v) is 7.99. The van der Waals surface area contributed by atoms with E-state index < -0.39 is 10.8 Å². The number of nitrogens with two attached hydrogens (primary N) is 1. The highest BCUT2D eigenvalue weighted by molar-refractivity contribution is 8.00. The number of nitrogens with zero attached hydrogens (tertiary/aromatic N) is 1. The smallest absolute Gasteiger partial charge is 0.304 e. The van der Waals surface area contributed by atoms with Crippen molar-refractivity contribution in [1.82, 2.24) is 5.32 Å². The van der Waals surface area contributed by atoms with Crippen LogP contribution in [0.25, 0.3) is 0 Å². The number of para-hydroxylation sites is 1. The van der Waals surface area contributed by atoms with Gasteiger partial charge in [-0.05, 0) is 31.2 Å². The molecule has 1 amide bonds. The first kappa shape index (κ1) is 17.3. The van der Waals surface area contributed by atoms with E-state index in [1.54, 1.807) is 17.8 Å². The zero-order valence-electron chi connectivity index (χ0n) is 12.5. The van der Waals surface area contributed by atoms with Gasteiger partial charge < -0.3 is 11.1 Å². The summed E-state index contributed by atoms with van der Waals surface area (Å²) in [6, 6.07) is 4.38. The number of amides is 1. The summed E-state index contributed by atoms with van der Waals surface area (Å²) in [5.41, 5.74) is 5.26. The molecule has 1 aromatic rings. The zero-order chi connectivity index (χ0) is 16.0. The van der Waals surface area contributed by atoms with Gasteiger partial charge in [0, 0.05) is 11.3 Å². The van der Waals surface area contributed by atoms with E-state index in [9.17, 15) is 14.9 Å². The fourth-order valence-corrected chi connectivity index (χ4v) is 2.94. The van der Waals surface area contributed by atoms with Crippen LogP contribution in [-0.4, -0.2) is 28.4 Å². The van der Waals surface area contributed by atoms with Crippen molar-refractivity contribution in [3.8, 4) is 0 Å². The molecule has 0 heterocycles. The molecule has 0 fully saturated rings. The highest BCUT2D eigenvalue weighted by Crippen LogP contribution is 2.30. The van der Waals surface area contributed by atoms with Gasteiger partial charge in [0.1, 0.15) is 11.3 Å². The molecule has 0 unspecified atom stereocenters. The van der Waals surface area contributed by atoms with Crippen LogP contribution < -0.4 is 11.1 Å². The van der Waals surface area contributed by atoms with Gasteiger partial charge in [0.2, 0.25) is 0 Å². The van der Waals surface area contributed by atoms with Crippen molar-refractivity contribution in [1.29, 1.82) is 0 Å². The van der Waals surface area contributed by atoms with E-state index >= 15 is 0 Å². The second-order valence-corrected chi connectivity index (χ2v) is 6.05. The van der Waals surface area contributed by atoms with Crippen LogP contribution >= 0.6 is 11.8 Å². The number of anilines is 1. The van der Waals surface area contributed by atoms with E-state index in [2.05, 4.69) is 19.2 Å². The van der Waals surface area contributed by atoms with Crippen molar-refractivity contribution in [2.75, 3.05) is 18.5 Å². The quantitative estimate of drug-likeness (QED) is 0.458. The molecule has 0 atom stereocenters. The van der Waals surface area contributed by atoms with Gasteiger partial charge in [-0.15, -0.1) is 0 Å². The Morgan fingerprint density at radius 3 is 2.52 bits per heavy atom. The number of carbonyl (C=O) groups excluding carboxylic acids is 1. The van der Waals surface area contributed by atoms with Crippen molar-refractivity contribution in [2.45, 2.75) is 31.4 Å². The molecule has 21 heavy (non-hydrogen) atoms. The van der Waals surface area contributed by atoms with Crippen molar-refractivity contribution in [2.24, 2.45) is 0 Å². The van der Waals surface area contributed by atoms with Crippen LogP contribution in [0.4, 0.5) is 11.4 Å². The number of nitro groups is 1. The molecule has 0 radical (unpaired) electrons. The molecule has 7 heteroatoms. The first-order chi connectivity index (χ1) is 9.90. The van der Waals surface area contributed by atoms with Crippen LogP contribution in [0.3, 0.4) is 0 Å². The standard InChI is InChI=1S/C14H21N3O3S/c1-4-14(5-2,21-3)9-16-13(18)10-7-6-8-11(15)12(10)17(19)20/h6-8H,4-5,9,15H2,1-3H3,(H,16,18). The van der Waals surface area contributed by atoms with Gasteiger partial charge in [0.05, 0.1) is 4.92 Å². The van der Waals surface area contributed by atoms with Gasteiger partial charge in [0.25, 0.3) is 5.91 Å². The third kappa shape index (κ3) is 3.87. The lowest BCUT2D eigenvalue weighted by molar-refractivity contribution is -0.384. The Bertz CT molecular complexity index is 522. The number of nitrogen functional groups attached to an aromatic ring is 1. The van der Waals surface area contributed by atoms with Gasteiger partial charge in [-0.25, -0.2) is 0 Å². The fourth-order valence-electron chi connectivity index (χ4n) is 2.15. The number of nitro benzene ring substituents is 1. The Morgan fingerprint density at radius 1 is 1.43 bits per heavy atom. The minimum Gasteiger partial charge on any atom is -0.393 e. The maximum atomic E-state index is 12.2. The summed E-state index contributed by atoms with van der Waals surface area (Å²) in [6.07, 6.45) is 3.82. The lowest BCUT2D eigenvalue weighted by Crippen LogP contribution is -2.39. The molecule has 1 rings (SSSR count). The molecule has 0 aliphatic rings. The lowest BCUT2D eigenvalue weighted by Gasteiger charge is -2.29. The molecule has 6 nitrogen and oxygen atoms in total. The van der Waals surface area contributed by atoms with Crippen LogP contribution in [0.1, 0.15) is 37.0 Å². The summed E-state index contributed by atoms with van der Waals surface area (Å²) in [7, 11) is 0. The Hall–Kier alpha value is -1.76. The summed E-state index contributed by atoms with van der Waals surface area (Å²) in [5, 5.41) is 13.9. The normalized spacial score (nSPS) is 11.2. The van der Waals surface area contributed by atoms with E-state index in [1.165, 1.54) is 12.1 Å². The number of hydrogen-bond acceptors (Lipinski definition) is 5. The molecule has 0 spiro atoms. The second kappa shape index (κ2) is 7.31. The van der Waals surface area contributed by atoms with Crippen LogP contribution in [0.15, 0.2) is 18.2 Å². The molecule has 0 aromatic heterocycles. The van der Waals surface area contributed by atoms with Gasteiger partial charge >= 0.3 is 5.69 Å². The predicted octanol–water partition coefficient (Wildman–Crippen LogP) is 2.83. The maximum Gasteiger partial charge on any atom is 0.304 e. The molecule has 116 valence electrons. The molecule has 0 bridgehead atoms. The van der Waals surface area contributed by atoms with Crippen molar-refractivity contribution < 1.29 is 9.72 Å². The Kier molecular flexibility index (Phi) is 6.02. The van der Waals surface area contributed by atoms with Crippen molar-refractivity contribution >= 4 is 29.0 Å². The number of carbonyl (C=O) groups is 1. The average Bonchev–Trinajstić information content (AvgIpc) is 2.48. The van der Waals surface area contributed by atoms with Crippen molar-refractivity contribution in [3.05, 3.63) is 33.9 Å². The van der Waals surface area contributed by atoms with E-state index in [0.717, 1.165) is 12.8 Å². The fraction of sp³-hybridized carbons (Fsp3) is 0.500. The third-order valence-corrected chi connectivity index (χ3v) is 5.37. The topological polar surface area (TPSA) is 98.3 Å². The molecule has 0 saturated carbocycles. The predicted molar refractivity (Wildman–Crippen MR) is 86.7 cm³/mol. The number of thioether (sulfide) groups is 1. The number of rotatable bonds is 7. The van der Waals surface area contributed by atoms with E-state index in [0.29, 0.717) is 6.54 Å². The largest absolute Gasteiger partial charge is 0.393 e. The SMILES string of the molecule is CCC(CC)(CNC(=O)c1cccc(N)c1[N+](=O)[O-])SC. The molecular weight excluding hydrogens is 290 g/mol. The summed E-state index contributed by atoms with van der Waals surface area (Å²) >= 11 is 1.69. The first-order valence-electron chi connectivity index (χ1n) is 6.77. The van der Waals surface area contributed by atoms with E-state index in [1.807, 2.05) is 6.26 Å². The van der Waals surface area contributed by atoms with Crippen LogP contribution in [0.5, 0.6) is 0 Å². The average molecular weight is 311 g/mol. The van der Waals surface area contributed by atoms with Gasteiger partial charge in [0.15, 0.2) is 0 Å². The summed E-state index contributed by atoms with van der Waals surface area (Å²) in [5.74, 6) is -0.464. The second-order valence-electron chi connectivity index (χ2n) is 4.78. The molecular formula is C14H21N3O3S. The lowest BCUT2D eigenvalue weighted by atomic mass is 10.0. The number of benzene rings is 1. The van der Waals surface area contributed by atoms with Gasteiger partial charge in [-0.1, -0.05) is 19.9 Å². The van der Waals surface area contributed by atoms with Crippen LogP contribution in [0.2, 0.25) is 0 Å². The van der Waals surface area contributed by atoms with Gasteiger partial charge in [-0.3, -0.25) is 14.9 Å².